The fourth-order valence-corrected chi connectivity index (χ4v) is 3.06. The van der Waals surface area contributed by atoms with E-state index in [4.69, 9.17) is 16.3 Å². The Kier molecular flexibility index (Phi) is 5.63. The Morgan fingerprint density at radius 1 is 1.35 bits per heavy atom. The molecule has 1 heterocycles. The Morgan fingerprint density at radius 2 is 2.00 bits per heavy atom. The first-order valence-electron chi connectivity index (χ1n) is 5.99. The second-order valence-corrected chi connectivity index (χ2v) is 5.74. The minimum absolute atomic E-state index is 0.155. The molecule has 0 radical (unpaired) electrons. The first kappa shape index (κ1) is 14.7. The highest BCUT2D eigenvalue weighted by atomic mass is 35.5. The van der Waals surface area contributed by atoms with E-state index in [2.05, 4.69) is 0 Å². The van der Waals surface area contributed by atoms with Gasteiger partial charge >= 0.3 is 0 Å². The normalized spacial score (nSPS) is 11.8. The third-order valence-electron chi connectivity index (χ3n) is 3.03. The molecule has 1 aromatic heterocycles. The molecule has 0 bridgehead atoms. The maximum absolute atomic E-state index is 12.3. The fraction of sp³-hybridized carbons (Fsp3) is 0.615. The van der Waals surface area contributed by atoms with Crippen molar-refractivity contribution in [3.05, 3.63) is 21.3 Å². The molecule has 1 rings (SSSR count). The Labute approximate surface area is 112 Å². The summed E-state index contributed by atoms with van der Waals surface area (Å²) < 4.78 is 6.42. The number of carbonyl (C=O) groups is 1. The lowest BCUT2D eigenvalue weighted by molar-refractivity contribution is -0.144. The van der Waals surface area contributed by atoms with Crippen molar-refractivity contribution in [3.8, 4) is 0 Å². The number of hydrogen-bond acceptors (Lipinski definition) is 3. The van der Waals surface area contributed by atoms with Crippen molar-refractivity contribution in [2.24, 2.45) is 0 Å². The van der Waals surface area contributed by atoms with E-state index < -0.39 is 5.60 Å². The van der Waals surface area contributed by atoms with Crippen molar-refractivity contribution in [2.75, 3.05) is 6.61 Å². The molecular formula is C13H19ClO2S. The lowest BCUT2D eigenvalue weighted by Crippen LogP contribution is -2.41. The molecule has 1 aromatic rings. The molecule has 0 spiro atoms. The van der Waals surface area contributed by atoms with Crippen LogP contribution in [0.1, 0.15) is 38.5 Å². The number of ketones is 1. The van der Waals surface area contributed by atoms with Gasteiger partial charge in [-0.25, -0.2) is 0 Å². The van der Waals surface area contributed by atoms with E-state index in [1.54, 1.807) is 0 Å². The summed E-state index contributed by atoms with van der Waals surface area (Å²) in [4.78, 5) is 13.3. The van der Waals surface area contributed by atoms with Crippen LogP contribution >= 0.6 is 22.9 Å². The molecule has 0 atom stereocenters. The van der Waals surface area contributed by atoms with Crippen molar-refractivity contribution in [2.45, 2.75) is 45.6 Å². The molecule has 0 aromatic carbocycles. The van der Waals surface area contributed by atoms with Gasteiger partial charge in [0.15, 0.2) is 5.78 Å². The average molecular weight is 275 g/mol. The first-order valence-corrected chi connectivity index (χ1v) is 7.18. The van der Waals surface area contributed by atoms with Gasteiger partial charge in [0.05, 0.1) is 4.34 Å². The smallest absolute Gasteiger partial charge is 0.169 e. The van der Waals surface area contributed by atoms with Gasteiger partial charge in [0.1, 0.15) is 5.60 Å². The van der Waals surface area contributed by atoms with Gasteiger partial charge in [-0.3, -0.25) is 4.79 Å². The summed E-state index contributed by atoms with van der Waals surface area (Å²) in [6, 6.07) is 3.74. The number of ether oxygens (including phenoxy) is 1. The summed E-state index contributed by atoms with van der Waals surface area (Å²) in [5, 5.41) is 0. The summed E-state index contributed by atoms with van der Waals surface area (Å²) in [7, 11) is 0. The zero-order valence-corrected chi connectivity index (χ0v) is 12.2. The lowest BCUT2D eigenvalue weighted by atomic mass is 9.89. The van der Waals surface area contributed by atoms with Gasteiger partial charge in [-0.1, -0.05) is 25.4 Å². The van der Waals surface area contributed by atoms with E-state index in [1.807, 2.05) is 32.9 Å². The van der Waals surface area contributed by atoms with Crippen molar-refractivity contribution < 1.29 is 9.53 Å². The zero-order valence-electron chi connectivity index (χ0n) is 10.6. The van der Waals surface area contributed by atoms with Crippen LogP contribution in [0.15, 0.2) is 12.1 Å². The van der Waals surface area contributed by atoms with Gasteiger partial charge in [-0.15, -0.1) is 11.3 Å². The quantitative estimate of drug-likeness (QED) is 0.748. The Balaban J connectivity index is 2.78. The molecule has 0 unspecified atom stereocenters. The molecule has 2 nitrogen and oxygen atoms in total. The number of Topliss-reactive ketones (excluding diaryl/α,β-unsaturated/α-hetero) is 1. The molecular weight excluding hydrogens is 256 g/mol. The Hall–Kier alpha value is -0.380. The summed E-state index contributed by atoms with van der Waals surface area (Å²) in [6.07, 6.45) is 1.85. The van der Waals surface area contributed by atoms with Crippen molar-refractivity contribution >= 4 is 28.7 Å². The number of halogens is 1. The zero-order chi connectivity index (χ0) is 12.9. The van der Waals surface area contributed by atoms with E-state index in [0.717, 1.165) is 22.1 Å². The van der Waals surface area contributed by atoms with Gasteiger partial charge in [0.25, 0.3) is 0 Å². The molecule has 0 aliphatic rings. The molecule has 0 amide bonds. The minimum atomic E-state index is -0.620. The van der Waals surface area contributed by atoms with Crippen LogP contribution < -0.4 is 0 Å². The molecule has 0 aliphatic heterocycles. The second kappa shape index (κ2) is 6.53. The third-order valence-corrected chi connectivity index (χ3v) is 4.27. The van der Waals surface area contributed by atoms with Crippen LogP contribution in [0.25, 0.3) is 0 Å². The molecule has 17 heavy (non-hydrogen) atoms. The highest BCUT2D eigenvalue weighted by molar-refractivity contribution is 7.16. The van der Waals surface area contributed by atoms with Crippen LogP contribution in [-0.4, -0.2) is 18.0 Å². The van der Waals surface area contributed by atoms with Crippen LogP contribution in [0.3, 0.4) is 0 Å². The van der Waals surface area contributed by atoms with Crippen molar-refractivity contribution in [1.29, 1.82) is 0 Å². The number of hydrogen-bond donors (Lipinski definition) is 0. The van der Waals surface area contributed by atoms with Gasteiger partial charge in [0.2, 0.25) is 0 Å². The first-order chi connectivity index (χ1) is 8.07. The molecule has 0 saturated carbocycles. The summed E-state index contributed by atoms with van der Waals surface area (Å²) in [5.74, 6) is 0.155. The summed E-state index contributed by atoms with van der Waals surface area (Å²) in [6.45, 7) is 6.49. The van der Waals surface area contributed by atoms with Gasteiger partial charge < -0.3 is 4.74 Å². The summed E-state index contributed by atoms with van der Waals surface area (Å²) >= 11 is 7.32. The molecule has 0 N–H and O–H groups in total. The molecule has 0 saturated heterocycles. The molecule has 0 fully saturated rings. The second-order valence-electron chi connectivity index (χ2n) is 3.94. The predicted octanol–water partition coefficient (Wildman–Crippen LogP) is 4.11. The van der Waals surface area contributed by atoms with E-state index >= 15 is 0 Å². The molecule has 0 aliphatic carbocycles. The molecule has 4 heteroatoms. The third kappa shape index (κ3) is 3.54. The van der Waals surface area contributed by atoms with Crippen LogP contribution in [0.4, 0.5) is 0 Å². The minimum Gasteiger partial charge on any atom is -0.368 e. The largest absolute Gasteiger partial charge is 0.368 e. The monoisotopic (exact) mass is 274 g/mol. The number of carbonyl (C=O) groups excluding carboxylic acids is 1. The fourth-order valence-electron chi connectivity index (χ4n) is 1.97. The lowest BCUT2D eigenvalue weighted by Gasteiger charge is -2.29. The highest BCUT2D eigenvalue weighted by Crippen LogP contribution is 2.27. The van der Waals surface area contributed by atoms with Crippen LogP contribution in [0.2, 0.25) is 4.34 Å². The maximum atomic E-state index is 12.3. The molecule has 96 valence electrons. The van der Waals surface area contributed by atoms with Crippen LogP contribution in [0.5, 0.6) is 0 Å². The van der Waals surface area contributed by atoms with Gasteiger partial charge in [-0.2, -0.15) is 0 Å². The van der Waals surface area contributed by atoms with Crippen molar-refractivity contribution in [1.82, 2.24) is 0 Å². The van der Waals surface area contributed by atoms with Gasteiger partial charge in [0, 0.05) is 17.9 Å². The van der Waals surface area contributed by atoms with E-state index in [1.165, 1.54) is 11.3 Å². The topological polar surface area (TPSA) is 26.3 Å². The summed E-state index contributed by atoms with van der Waals surface area (Å²) in [5.41, 5.74) is -0.620. The van der Waals surface area contributed by atoms with Gasteiger partial charge in [-0.05, 0) is 31.9 Å². The number of thiophene rings is 1. The van der Waals surface area contributed by atoms with Crippen LogP contribution in [-0.2, 0) is 16.0 Å². The van der Waals surface area contributed by atoms with E-state index in [-0.39, 0.29) is 5.78 Å². The van der Waals surface area contributed by atoms with E-state index in [9.17, 15) is 4.79 Å². The Morgan fingerprint density at radius 3 is 2.41 bits per heavy atom. The van der Waals surface area contributed by atoms with Crippen molar-refractivity contribution in [3.63, 3.8) is 0 Å². The Bertz CT molecular complexity index is 369. The number of rotatable bonds is 7. The average Bonchev–Trinajstić information content (AvgIpc) is 2.71. The maximum Gasteiger partial charge on any atom is 0.169 e. The van der Waals surface area contributed by atoms with Crippen LogP contribution in [0, 0.1) is 0 Å². The standard InChI is InChI=1S/C13H19ClO2S/c1-4-13(5-2,16-6-3)11(15)9-10-7-8-12(14)17-10/h7-8H,4-6,9H2,1-3H3. The van der Waals surface area contributed by atoms with E-state index in [0.29, 0.717) is 13.0 Å². The highest BCUT2D eigenvalue weighted by Gasteiger charge is 2.35. The predicted molar refractivity (Wildman–Crippen MR) is 73.0 cm³/mol. The SMILES string of the molecule is CCOC(CC)(CC)C(=O)Cc1ccc(Cl)s1.